The van der Waals surface area contributed by atoms with E-state index in [1.165, 1.54) is 5.56 Å². The highest BCUT2D eigenvalue weighted by atomic mass is 16.2. The van der Waals surface area contributed by atoms with Gasteiger partial charge in [0.2, 0.25) is 0 Å². The van der Waals surface area contributed by atoms with Crippen molar-refractivity contribution in [3.8, 4) is 0 Å². The maximum Gasteiger partial charge on any atom is 0.319 e. The summed E-state index contributed by atoms with van der Waals surface area (Å²) in [5, 5.41) is 5.72. The van der Waals surface area contributed by atoms with E-state index in [9.17, 15) is 4.79 Å². The van der Waals surface area contributed by atoms with E-state index in [1.54, 1.807) is 0 Å². The van der Waals surface area contributed by atoms with Gasteiger partial charge in [-0.3, -0.25) is 0 Å². The van der Waals surface area contributed by atoms with Gasteiger partial charge in [0.1, 0.15) is 0 Å². The van der Waals surface area contributed by atoms with Crippen LogP contribution in [0.25, 0.3) is 0 Å². The number of hydrogen-bond acceptors (Lipinski definition) is 1. The first-order valence-corrected chi connectivity index (χ1v) is 6.32. The van der Waals surface area contributed by atoms with Crippen molar-refractivity contribution in [3.05, 3.63) is 65.2 Å². The Morgan fingerprint density at radius 3 is 2.26 bits per heavy atom. The first-order chi connectivity index (χ1) is 9.16. The smallest absolute Gasteiger partial charge is 0.319 e. The zero-order valence-electron chi connectivity index (χ0n) is 11.2. The Labute approximate surface area is 113 Å². The minimum Gasteiger partial charge on any atom is -0.334 e. The third-order valence-corrected chi connectivity index (χ3v) is 3.09. The number of hydrogen-bond donors (Lipinski definition) is 2. The molecule has 2 aromatic rings. The molecular weight excluding hydrogens is 236 g/mol. The van der Waals surface area contributed by atoms with Crippen LogP contribution >= 0.6 is 0 Å². The highest BCUT2D eigenvalue weighted by molar-refractivity contribution is 5.89. The summed E-state index contributed by atoms with van der Waals surface area (Å²) < 4.78 is 0. The van der Waals surface area contributed by atoms with E-state index in [2.05, 4.69) is 10.6 Å². The van der Waals surface area contributed by atoms with Crippen LogP contribution in [0, 0.1) is 13.8 Å². The van der Waals surface area contributed by atoms with Crippen LogP contribution in [0.1, 0.15) is 16.7 Å². The Bertz CT molecular complexity index is 578. The van der Waals surface area contributed by atoms with E-state index in [0.29, 0.717) is 6.54 Å². The van der Waals surface area contributed by atoms with Gasteiger partial charge in [0, 0.05) is 12.2 Å². The summed E-state index contributed by atoms with van der Waals surface area (Å²) in [6, 6.07) is 15.6. The topological polar surface area (TPSA) is 41.1 Å². The highest BCUT2D eigenvalue weighted by Gasteiger charge is 2.04. The Morgan fingerprint density at radius 2 is 1.58 bits per heavy atom. The Morgan fingerprint density at radius 1 is 0.947 bits per heavy atom. The normalized spacial score (nSPS) is 10.0. The number of para-hydroxylation sites is 1. The summed E-state index contributed by atoms with van der Waals surface area (Å²) in [6.07, 6.45) is 0. The lowest BCUT2D eigenvalue weighted by Gasteiger charge is -2.10. The molecule has 3 nitrogen and oxygen atoms in total. The molecule has 2 aromatic carbocycles. The molecule has 0 spiro atoms. The minimum atomic E-state index is -0.183. The van der Waals surface area contributed by atoms with E-state index >= 15 is 0 Å². The number of carbonyl (C=O) groups is 1. The number of nitrogens with one attached hydrogen (secondary N) is 2. The largest absolute Gasteiger partial charge is 0.334 e. The quantitative estimate of drug-likeness (QED) is 0.863. The van der Waals surface area contributed by atoms with Crippen LogP contribution in [0.5, 0.6) is 0 Å². The predicted octanol–water partition coefficient (Wildman–Crippen LogP) is 3.63. The number of urea groups is 1. The zero-order valence-corrected chi connectivity index (χ0v) is 11.2. The SMILES string of the molecule is Cc1ccccc1CNC(=O)Nc1ccccc1C. The molecule has 2 amide bonds. The lowest BCUT2D eigenvalue weighted by molar-refractivity contribution is 0.251. The predicted molar refractivity (Wildman–Crippen MR) is 78.2 cm³/mol. The van der Waals surface area contributed by atoms with E-state index in [1.807, 2.05) is 62.4 Å². The van der Waals surface area contributed by atoms with Crippen LogP contribution in [0.15, 0.2) is 48.5 Å². The van der Waals surface area contributed by atoms with Gasteiger partial charge in [-0.2, -0.15) is 0 Å². The van der Waals surface area contributed by atoms with Crippen molar-refractivity contribution >= 4 is 11.7 Å². The van der Waals surface area contributed by atoms with Gasteiger partial charge in [0.25, 0.3) is 0 Å². The molecule has 98 valence electrons. The van der Waals surface area contributed by atoms with Crippen LogP contribution in [0.2, 0.25) is 0 Å². The van der Waals surface area contributed by atoms with Crippen LogP contribution in [0.4, 0.5) is 10.5 Å². The average molecular weight is 254 g/mol. The molecule has 19 heavy (non-hydrogen) atoms. The molecule has 0 aliphatic heterocycles. The number of aryl methyl sites for hydroxylation is 2. The number of anilines is 1. The average Bonchev–Trinajstić information content (AvgIpc) is 2.40. The van der Waals surface area contributed by atoms with Crippen molar-refractivity contribution in [1.29, 1.82) is 0 Å². The second kappa shape index (κ2) is 6.05. The first-order valence-electron chi connectivity index (χ1n) is 6.32. The second-order valence-electron chi connectivity index (χ2n) is 4.55. The number of rotatable bonds is 3. The van der Waals surface area contributed by atoms with Crippen molar-refractivity contribution in [2.24, 2.45) is 0 Å². The molecule has 0 heterocycles. The third-order valence-electron chi connectivity index (χ3n) is 3.09. The second-order valence-corrected chi connectivity index (χ2v) is 4.55. The molecule has 0 aliphatic rings. The molecule has 3 heteroatoms. The van der Waals surface area contributed by atoms with E-state index < -0.39 is 0 Å². The summed E-state index contributed by atoms with van der Waals surface area (Å²) in [5.41, 5.74) is 4.19. The Balaban J connectivity index is 1.92. The fourth-order valence-corrected chi connectivity index (χ4v) is 1.86. The van der Waals surface area contributed by atoms with Crippen LogP contribution < -0.4 is 10.6 Å². The third kappa shape index (κ3) is 3.58. The van der Waals surface area contributed by atoms with Crippen LogP contribution in [0.3, 0.4) is 0 Å². The van der Waals surface area contributed by atoms with Gasteiger partial charge < -0.3 is 10.6 Å². The van der Waals surface area contributed by atoms with Crippen molar-refractivity contribution in [3.63, 3.8) is 0 Å². The van der Waals surface area contributed by atoms with Gasteiger partial charge in [-0.05, 0) is 36.6 Å². The van der Waals surface area contributed by atoms with Crippen LogP contribution in [-0.2, 0) is 6.54 Å². The number of amides is 2. The summed E-state index contributed by atoms with van der Waals surface area (Å²) in [7, 11) is 0. The van der Waals surface area contributed by atoms with Crippen molar-refractivity contribution in [2.75, 3.05) is 5.32 Å². The summed E-state index contributed by atoms with van der Waals surface area (Å²) in [6.45, 7) is 4.54. The summed E-state index contributed by atoms with van der Waals surface area (Å²) >= 11 is 0. The molecule has 0 aliphatic carbocycles. The molecule has 2 rings (SSSR count). The Kier molecular flexibility index (Phi) is 4.18. The molecule has 0 aromatic heterocycles. The monoisotopic (exact) mass is 254 g/mol. The fraction of sp³-hybridized carbons (Fsp3) is 0.188. The number of benzene rings is 2. The molecular formula is C16H18N2O. The fourth-order valence-electron chi connectivity index (χ4n) is 1.86. The van der Waals surface area contributed by atoms with Crippen molar-refractivity contribution in [2.45, 2.75) is 20.4 Å². The van der Waals surface area contributed by atoms with E-state index in [4.69, 9.17) is 0 Å². The van der Waals surface area contributed by atoms with Gasteiger partial charge >= 0.3 is 6.03 Å². The van der Waals surface area contributed by atoms with Gasteiger partial charge in [0.05, 0.1) is 0 Å². The van der Waals surface area contributed by atoms with Gasteiger partial charge in [-0.15, -0.1) is 0 Å². The van der Waals surface area contributed by atoms with E-state index in [0.717, 1.165) is 16.8 Å². The molecule has 0 bridgehead atoms. The molecule has 2 N–H and O–H groups in total. The van der Waals surface area contributed by atoms with Crippen LogP contribution in [-0.4, -0.2) is 6.03 Å². The standard InChI is InChI=1S/C16H18N2O/c1-12-7-3-5-9-14(12)11-17-16(19)18-15-10-6-4-8-13(15)2/h3-10H,11H2,1-2H3,(H2,17,18,19). The minimum absolute atomic E-state index is 0.183. The number of carbonyl (C=O) groups excluding carboxylic acids is 1. The van der Waals surface area contributed by atoms with E-state index in [-0.39, 0.29) is 6.03 Å². The molecule has 0 atom stereocenters. The molecule has 0 unspecified atom stereocenters. The first kappa shape index (κ1) is 13.1. The lowest BCUT2D eigenvalue weighted by Crippen LogP contribution is -2.28. The summed E-state index contributed by atoms with van der Waals surface area (Å²) in [4.78, 5) is 11.8. The molecule has 0 saturated carbocycles. The summed E-state index contributed by atoms with van der Waals surface area (Å²) in [5.74, 6) is 0. The maximum absolute atomic E-state index is 11.8. The molecule has 0 radical (unpaired) electrons. The van der Waals surface area contributed by atoms with Gasteiger partial charge in [-0.1, -0.05) is 42.5 Å². The molecule has 0 saturated heterocycles. The molecule has 0 fully saturated rings. The Hall–Kier alpha value is -2.29. The van der Waals surface area contributed by atoms with Crippen molar-refractivity contribution < 1.29 is 4.79 Å². The lowest BCUT2D eigenvalue weighted by atomic mass is 10.1. The maximum atomic E-state index is 11.8. The zero-order chi connectivity index (χ0) is 13.7. The highest BCUT2D eigenvalue weighted by Crippen LogP contribution is 2.13. The van der Waals surface area contributed by atoms with Gasteiger partial charge in [0.15, 0.2) is 0 Å². The van der Waals surface area contributed by atoms with Gasteiger partial charge in [-0.25, -0.2) is 4.79 Å². The van der Waals surface area contributed by atoms with Crippen molar-refractivity contribution in [1.82, 2.24) is 5.32 Å².